The van der Waals surface area contributed by atoms with E-state index >= 15 is 0 Å². The van der Waals surface area contributed by atoms with Crippen LogP contribution in [0.4, 0.5) is 5.69 Å². The minimum atomic E-state index is -0.826. The first-order chi connectivity index (χ1) is 33.1. The number of carbonyl (C=O) groups is 3. The zero-order valence-corrected chi connectivity index (χ0v) is 38.1. The summed E-state index contributed by atoms with van der Waals surface area (Å²) in [6, 6.07) is 25.0. The molecular weight excluding hydrogens is 863 g/mol. The Balaban J connectivity index is 0.679. The SMILES string of the molecule is Cc1nn(C2CCC(=O)NC2=O)c(=O)c2cc(N3CCN(C(=O)CCCCN4CCC(COc5cnc(-c6cccc(Cn7nc(-c8cccc(C#N)c8)ccc7=O)c6)nc5)CC4)CC3)ccc12. The molecule has 6 aromatic rings. The van der Waals surface area contributed by atoms with Gasteiger partial charge in [0.05, 0.1) is 54.0 Å². The largest absolute Gasteiger partial charge is 0.490 e. The van der Waals surface area contributed by atoms with E-state index < -0.39 is 11.9 Å². The molecule has 348 valence electrons. The number of rotatable bonds is 14. The number of fused-ring (bicyclic) bond motifs is 1. The molecular formula is C51H53N11O6. The van der Waals surface area contributed by atoms with Gasteiger partial charge in [0, 0.05) is 67.3 Å². The normalized spacial score (nSPS) is 17.0. The lowest BCUT2D eigenvalue weighted by molar-refractivity contribution is -0.136. The predicted octanol–water partition coefficient (Wildman–Crippen LogP) is 4.89. The van der Waals surface area contributed by atoms with Gasteiger partial charge in [-0.25, -0.2) is 19.3 Å². The topological polar surface area (TPSA) is 202 Å². The second-order valence-electron chi connectivity index (χ2n) is 17.8. The van der Waals surface area contributed by atoms with Gasteiger partial charge in [0.2, 0.25) is 11.8 Å². The van der Waals surface area contributed by atoms with Crippen molar-refractivity contribution in [1.29, 1.82) is 5.26 Å². The monoisotopic (exact) mass is 915 g/mol. The average molecular weight is 916 g/mol. The van der Waals surface area contributed by atoms with E-state index in [2.05, 4.69) is 41.4 Å². The number of likely N-dealkylation sites (tertiary alicyclic amines) is 1. The van der Waals surface area contributed by atoms with Crippen LogP contribution in [0.3, 0.4) is 0 Å². The summed E-state index contributed by atoms with van der Waals surface area (Å²) in [6.07, 6.45) is 8.18. The quantitative estimate of drug-likeness (QED) is 0.114. The Kier molecular flexibility index (Phi) is 13.7. The molecule has 17 heteroatoms. The van der Waals surface area contributed by atoms with Crippen molar-refractivity contribution < 1.29 is 19.1 Å². The zero-order valence-electron chi connectivity index (χ0n) is 38.1. The lowest BCUT2D eigenvalue weighted by Gasteiger charge is -2.36. The van der Waals surface area contributed by atoms with E-state index in [9.17, 15) is 29.2 Å². The highest BCUT2D eigenvalue weighted by atomic mass is 16.5. The number of unbranched alkanes of at least 4 members (excludes halogenated alkanes) is 1. The third-order valence-electron chi connectivity index (χ3n) is 13.2. The summed E-state index contributed by atoms with van der Waals surface area (Å²) >= 11 is 0. The maximum absolute atomic E-state index is 13.6. The number of hydrogen-bond acceptors (Lipinski definition) is 13. The van der Waals surface area contributed by atoms with E-state index in [4.69, 9.17) is 4.74 Å². The number of aryl methyl sites for hydroxylation is 1. The van der Waals surface area contributed by atoms with Crippen molar-refractivity contribution in [2.75, 3.05) is 57.3 Å². The van der Waals surface area contributed by atoms with Gasteiger partial charge in [0.25, 0.3) is 17.0 Å². The first kappa shape index (κ1) is 45.6. The van der Waals surface area contributed by atoms with Gasteiger partial charge in [-0.2, -0.15) is 15.5 Å². The number of benzene rings is 3. The van der Waals surface area contributed by atoms with Crippen molar-refractivity contribution in [1.82, 2.24) is 44.6 Å². The lowest BCUT2D eigenvalue weighted by Crippen LogP contribution is -2.48. The van der Waals surface area contributed by atoms with Crippen molar-refractivity contribution in [3.63, 3.8) is 0 Å². The minimum Gasteiger partial charge on any atom is -0.490 e. The van der Waals surface area contributed by atoms with Crippen LogP contribution in [0, 0.1) is 24.2 Å². The summed E-state index contributed by atoms with van der Waals surface area (Å²) in [5, 5.41) is 21.8. The fraction of sp³-hybridized carbons (Fsp3) is 0.373. The molecule has 6 heterocycles. The Morgan fingerprint density at radius 2 is 1.60 bits per heavy atom. The summed E-state index contributed by atoms with van der Waals surface area (Å²) in [4.78, 5) is 79.5. The van der Waals surface area contributed by atoms with Crippen molar-refractivity contribution >= 4 is 34.2 Å². The smallest absolute Gasteiger partial charge is 0.275 e. The van der Waals surface area contributed by atoms with Crippen LogP contribution < -0.4 is 26.1 Å². The van der Waals surface area contributed by atoms with E-state index in [1.807, 2.05) is 60.4 Å². The molecule has 0 spiro atoms. The second-order valence-corrected chi connectivity index (χ2v) is 17.8. The molecule has 9 rings (SSSR count). The van der Waals surface area contributed by atoms with Gasteiger partial charge in [-0.15, -0.1) is 0 Å². The van der Waals surface area contributed by atoms with Crippen LogP contribution >= 0.6 is 0 Å². The van der Waals surface area contributed by atoms with Gasteiger partial charge in [0.15, 0.2) is 11.6 Å². The lowest BCUT2D eigenvalue weighted by atomic mass is 9.97. The molecule has 3 amide bonds. The molecule has 3 fully saturated rings. The Labute approximate surface area is 393 Å². The average Bonchev–Trinajstić information content (AvgIpc) is 3.37. The van der Waals surface area contributed by atoms with Crippen LogP contribution in [-0.4, -0.2) is 109 Å². The highest BCUT2D eigenvalue weighted by molar-refractivity contribution is 5.99. The van der Waals surface area contributed by atoms with Gasteiger partial charge >= 0.3 is 0 Å². The Morgan fingerprint density at radius 3 is 2.38 bits per heavy atom. The number of carbonyl (C=O) groups excluding carboxylic acids is 3. The molecule has 0 radical (unpaired) electrons. The molecule has 0 aliphatic carbocycles. The number of aromatic nitrogens is 6. The standard InChI is InChI=1S/C51H53N11O6/c1-34-42-12-11-40(28-43(42)51(67)62(56-34)45-14-15-46(63)55-50(45)66)59-22-24-60(25-23-59)47(64)10-2-3-19-58-20-17-35(18-21-58)33-68-41-30-53-49(54-31-41)39-9-5-7-37(27-39)32-61-48(65)16-13-44(57-61)38-8-4-6-36(26-38)29-52/h4-9,11-13,16,26-28,30-31,35,45H,2-3,10,14-15,17-25,32-33H2,1H3,(H,55,63,66). The highest BCUT2D eigenvalue weighted by Crippen LogP contribution is 2.26. The first-order valence-corrected chi connectivity index (χ1v) is 23.3. The van der Waals surface area contributed by atoms with Gasteiger partial charge in [0.1, 0.15) is 6.04 Å². The number of ether oxygens (including phenoxy) is 1. The van der Waals surface area contributed by atoms with Gasteiger partial charge in [-0.3, -0.25) is 29.3 Å². The van der Waals surface area contributed by atoms with Crippen molar-refractivity contribution in [2.45, 2.75) is 64.5 Å². The number of piperazine rings is 1. The number of amides is 3. The minimum absolute atomic E-state index is 0.158. The fourth-order valence-corrected chi connectivity index (χ4v) is 9.29. The summed E-state index contributed by atoms with van der Waals surface area (Å²) in [6.45, 7) is 8.13. The molecule has 1 N–H and O–H groups in total. The zero-order chi connectivity index (χ0) is 47.1. The third-order valence-corrected chi connectivity index (χ3v) is 13.2. The summed E-state index contributed by atoms with van der Waals surface area (Å²) in [5.41, 5.74) is 4.51. The Morgan fingerprint density at radius 1 is 0.824 bits per heavy atom. The molecule has 1 unspecified atom stereocenters. The Bertz CT molecular complexity index is 3000. The molecule has 3 aromatic heterocycles. The number of anilines is 1. The number of nitriles is 1. The van der Waals surface area contributed by atoms with Crippen molar-refractivity contribution in [3.05, 3.63) is 129 Å². The van der Waals surface area contributed by atoms with Crippen LogP contribution in [0.15, 0.2) is 101 Å². The van der Waals surface area contributed by atoms with Crippen LogP contribution in [0.25, 0.3) is 33.4 Å². The van der Waals surface area contributed by atoms with Crippen molar-refractivity contribution in [3.8, 4) is 34.5 Å². The second kappa shape index (κ2) is 20.5. The van der Waals surface area contributed by atoms with E-state index in [1.165, 1.54) is 15.4 Å². The Hall–Kier alpha value is -7.58. The van der Waals surface area contributed by atoms with E-state index in [-0.39, 0.29) is 42.3 Å². The molecule has 1 atom stereocenters. The van der Waals surface area contributed by atoms with Crippen LogP contribution in [0.1, 0.15) is 67.8 Å². The number of imide groups is 1. The first-order valence-electron chi connectivity index (χ1n) is 23.3. The highest BCUT2D eigenvalue weighted by Gasteiger charge is 2.31. The number of nitrogens with one attached hydrogen (secondary N) is 1. The van der Waals surface area contributed by atoms with Crippen LogP contribution in [-0.2, 0) is 20.9 Å². The predicted molar refractivity (Wildman–Crippen MR) is 255 cm³/mol. The van der Waals surface area contributed by atoms with E-state index in [0.717, 1.165) is 73.1 Å². The number of piperidine rings is 2. The maximum atomic E-state index is 13.6. The van der Waals surface area contributed by atoms with E-state index in [0.29, 0.717) is 79.0 Å². The number of nitrogens with zero attached hydrogens (tertiary/aromatic N) is 10. The molecule has 0 saturated carbocycles. The van der Waals surface area contributed by atoms with Gasteiger partial charge in [-0.05, 0) is 107 Å². The molecule has 3 saturated heterocycles. The molecule has 17 nitrogen and oxygen atoms in total. The molecule has 3 aliphatic heterocycles. The number of hydrogen-bond donors (Lipinski definition) is 1. The fourth-order valence-electron chi connectivity index (χ4n) is 9.29. The summed E-state index contributed by atoms with van der Waals surface area (Å²) < 4.78 is 8.76. The van der Waals surface area contributed by atoms with Crippen LogP contribution in [0.2, 0.25) is 0 Å². The molecule has 0 bridgehead atoms. The van der Waals surface area contributed by atoms with Gasteiger partial charge in [-0.1, -0.05) is 36.4 Å². The molecule has 3 aromatic carbocycles. The summed E-state index contributed by atoms with van der Waals surface area (Å²) in [5.74, 6) is 0.921. The van der Waals surface area contributed by atoms with Gasteiger partial charge < -0.3 is 19.4 Å². The molecule has 3 aliphatic rings. The maximum Gasteiger partial charge on any atom is 0.275 e. The van der Waals surface area contributed by atoms with Crippen LogP contribution in [0.5, 0.6) is 5.75 Å². The molecule has 68 heavy (non-hydrogen) atoms. The van der Waals surface area contributed by atoms with E-state index in [1.54, 1.807) is 36.7 Å². The summed E-state index contributed by atoms with van der Waals surface area (Å²) in [7, 11) is 0. The van der Waals surface area contributed by atoms with Crippen molar-refractivity contribution in [2.24, 2.45) is 5.92 Å². The third kappa shape index (κ3) is 10.5.